The normalized spacial score (nSPS) is 10.6. The second kappa shape index (κ2) is 8.56. The lowest BCUT2D eigenvalue weighted by Crippen LogP contribution is -2.43. The molecule has 0 radical (unpaired) electrons. The van der Waals surface area contributed by atoms with Gasteiger partial charge >= 0.3 is 0 Å². The number of nitrogens with one attached hydrogen (secondary N) is 2. The zero-order chi connectivity index (χ0) is 17.5. The molecule has 1 heterocycles. The van der Waals surface area contributed by atoms with E-state index in [0.717, 1.165) is 10.2 Å². The average Bonchev–Trinajstić information content (AvgIpc) is 2.95. The molecule has 0 unspecified atom stereocenters. The Morgan fingerprint density at radius 1 is 1.29 bits per heavy atom. The van der Waals surface area contributed by atoms with E-state index in [1.165, 1.54) is 12.2 Å². The summed E-state index contributed by atoms with van der Waals surface area (Å²) in [7, 11) is 0. The number of hydrogen-bond acceptors (Lipinski definition) is 4. The van der Waals surface area contributed by atoms with E-state index in [1.54, 1.807) is 37.3 Å². The van der Waals surface area contributed by atoms with E-state index in [0.29, 0.717) is 16.5 Å². The molecule has 0 bridgehead atoms. The highest BCUT2D eigenvalue weighted by atomic mass is 79.9. The summed E-state index contributed by atoms with van der Waals surface area (Å²) in [4.78, 5) is 23.2. The van der Waals surface area contributed by atoms with Gasteiger partial charge in [-0.15, -0.1) is 0 Å². The van der Waals surface area contributed by atoms with Crippen LogP contribution in [-0.4, -0.2) is 18.4 Å². The third-order valence-electron chi connectivity index (χ3n) is 2.74. The van der Waals surface area contributed by atoms with Gasteiger partial charge in [-0.25, -0.2) is 0 Å². The zero-order valence-corrected chi connectivity index (χ0v) is 15.0. The number of hydrazine groups is 1. The van der Waals surface area contributed by atoms with Gasteiger partial charge in [-0.1, -0.05) is 27.5 Å². The minimum Gasteiger partial charge on any atom is -0.482 e. The molecule has 0 spiro atoms. The van der Waals surface area contributed by atoms with Gasteiger partial charge in [0.1, 0.15) is 17.3 Å². The molecule has 8 heteroatoms. The molecule has 1 aromatic heterocycles. The Bertz CT molecular complexity index is 773. The molecular weight excluding hydrogens is 400 g/mol. The van der Waals surface area contributed by atoms with Crippen molar-refractivity contribution in [2.75, 3.05) is 6.61 Å². The van der Waals surface area contributed by atoms with Crippen LogP contribution in [-0.2, 0) is 9.59 Å². The third kappa shape index (κ3) is 5.75. The lowest BCUT2D eigenvalue weighted by atomic mass is 10.3. The molecule has 0 fully saturated rings. The van der Waals surface area contributed by atoms with E-state index >= 15 is 0 Å². The standard InChI is InChI=1S/C16H14BrClN2O4/c1-10-2-4-12(24-10)5-7-15(21)19-20-16(22)9-23-14-6-3-11(17)8-13(14)18/h2-8H,9H2,1H3,(H,19,21)(H,20,22). The molecule has 0 aliphatic rings. The van der Waals surface area contributed by atoms with Gasteiger partial charge in [0, 0.05) is 10.5 Å². The van der Waals surface area contributed by atoms with Crippen molar-refractivity contribution < 1.29 is 18.7 Å². The van der Waals surface area contributed by atoms with Crippen molar-refractivity contribution in [1.29, 1.82) is 0 Å². The first-order valence-corrected chi connectivity index (χ1v) is 8.02. The van der Waals surface area contributed by atoms with Crippen molar-refractivity contribution in [3.05, 3.63) is 57.4 Å². The SMILES string of the molecule is Cc1ccc(C=CC(=O)NNC(=O)COc2ccc(Br)cc2Cl)o1. The highest BCUT2D eigenvalue weighted by Gasteiger charge is 2.07. The minimum atomic E-state index is -0.524. The van der Waals surface area contributed by atoms with Gasteiger partial charge in [-0.05, 0) is 43.3 Å². The van der Waals surface area contributed by atoms with Crippen LogP contribution < -0.4 is 15.6 Å². The van der Waals surface area contributed by atoms with Gasteiger partial charge in [0.2, 0.25) is 0 Å². The molecule has 0 aliphatic heterocycles. The Morgan fingerprint density at radius 2 is 2.08 bits per heavy atom. The van der Waals surface area contributed by atoms with Gasteiger partial charge < -0.3 is 9.15 Å². The number of halogens is 2. The minimum absolute atomic E-state index is 0.289. The van der Waals surface area contributed by atoms with Crippen molar-refractivity contribution in [3.63, 3.8) is 0 Å². The number of carbonyl (C=O) groups excluding carboxylic acids is 2. The van der Waals surface area contributed by atoms with E-state index in [1.807, 2.05) is 0 Å². The molecule has 1 aromatic carbocycles. The fourth-order valence-electron chi connectivity index (χ4n) is 1.65. The van der Waals surface area contributed by atoms with Gasteiger partial charge in [0.15, 0.2) is 6.61 Å². The fraction of sp³-hybridized carbons (Fsp3) is 0.125. The average molecular weight is 414 g/mol. The maximum absolute atomic E-state index is 11.6. The summed E-state index contributed by atoms with van der Waals surface area (Å²) in [5.41, 5.74) is 4.46. The second-order valence-corrected chi connectivity index (χ2v) is 6.01. The van der Waals surface area contributed by atoms with Crippen molar-refractivity contribution in [1.82, 2.24) is 10.9 Å². The number of rotatable bonds is 5. The second-order valence-electron chi connectivity index (χ2n) is 4.68. The zero-order valence-electron chi connectivity index (χ0n) is 12.6. The first-order valence-electron chi connectivity index (χ1n) is 6.85. The molecule has 126 valence electrons. The fourth-order valence-corrected chi connectivity index (χ4v) is 2.37. The summed E-state index contributed by atoms with van der Waals surface area (Å²) in [6.07, 6.45) is 2.73. The van der Waals surface area contributed by atoms with Crippen molar-refractivity contribution in [3.8, 4) is 5.75 Å². The maximum Gasteiger partial charge on any atom is 0.276 e. The summed E-state index contributed by atoms with van der Waals surface area (Å²) in [6, 6.07) is 8.53. The summed E-state index contributed by atoms with van der Waals surface area (Å²) in [5, 5.41) is 0.373. The quantitative estimate of drug-likeness (QED) is 0.582. The number of furan rings is 1. The predicted octanol–water partition coefficient (Wildman–Crippen LogP) is 3.24. The van der Waals surface area contributed by atoms with Crippen LogP contribution >= 0.6 is 27.5 Å². The predicted molar refractivity (Wildman–Crippen MR) is 93.4 cm³/mol. The molecule has 0 saturated carbocycles. The summed E-state index contributed by atoms with van der Waals surface area (Å²) < 4.78 is 11.3. The van der Waals surface area contributed by atoms with Crippen LogP contribution in [0.2, 0.25) is 5.02 Å². The van der Waals surface area contributed by atoms with Crippen LogP contribution in [0.5, 0.6) is 5.75 Å². The van der Waals surface area contributed by atoms with E-state index in [9.17, 15) is 9.59 Å². The van der Waals surface area contributed by atoms with Crippen LogP contribution in [0.15, 0.2) is 45.3 Å². The molecule has 0 aliphatic carbocycles. The molecule has 2 rings (SSSR count). The van der Waals surface area contributed by atoms with Gasteiger partial charge in [-0.3, -0.25) is 20.4 Å². The van der Waals surface area contributed by atoms with E-state index in [2.05, 4.69) is 26.8 Å². The molecule has 24 heavy (non-hydrogen) atoms. The van der Waals surface area contributed by atoms with E-state index in [-0.39, 0.29) is 6.61 Å². The summed E-state index contributed by atoms with van der Waals surface area (Å²) in [6.45, 7) is 1.51. The number of amides is 2. The van der Waals surface area contributed by atoms with Gasteiger partial charge in [-0.2, -0.15) is 0 Å². The molecule has 2 aromatic rings. The van der Waals surface area contributed by atoms with Crippen LogP contribution in [0.4, 0.5) is 0 Å². The lowest BCUT2D eigenvalue weighted by Gasteiger charge is -2.09. The monoisotopic (exact) mass is 412 g/mol. The third-order valence-corrected chi connectivity index (χ3v) is 3.53. The summed E-state index contributed by atoms with van der Waals surface area (Å²) >= 11 is 9.24. The molecule has 0 saturated heterocycles. The Hall–Kier alpha value is -2.25. The largest absolute Gasteiger partial charge is 0.482 e. The first kappa shape index (κ1) is 18.1. The Morgan fingerprint density at radius 3 is 2.75 bits per heavy atom. The molecule has 2 amide bonds. The van der Waals surface area contributed by atoms with E-state index < -0.39 is 11.8 Å². The van der Waals surface area contributed by atoms with Gasteiger partial charge in [0.25, 0.3) is 11.8 Å². The van der Waals surface area contributed by atoms with Crippen molar-refractivity contribution >= 4 is 45.4 Å². The van der Waals surface area contributed by atoms with Gasteiger partial charge in [0.05, 0.1) is 5.02 Å². The van der Waals surface area contributed by atoms with Crippen molar-refractivity contribution in [2.45, 2.75) is 6.92 Å². The lowest BCUT2D eigenvalue weighted by molar-refractivity contribution is -0.128. The molecular formula is C16H14BrClN2O4. The van der Waals surface area contributed by atoms with E-state index in [4.69, 9.17) is 20.8 Å². The highest BCUT2D eigenvalue weighted by Crippen LogP contribution is 2.27. The van der Waals surface area contributed by atoms with Crippen LogP contribution in [0, 0.1) is 6.92 Å². The molecule has 2 N–H and O–H groups in total. The first-order chi connectivity index (χ1) is 11.4. The number of aryl methyl sites for hydroxylation is 1. The smallest absolute Gasteiger partial charge is 0.276 e. The Kier molecular flexibility index (Phi) is 6.45. The number of benzene rings is 1. The topological polar surface area (TPSA) is 80.6 Å². The van der Waals surface area contributed by atoms with Crippen LogP contribution in [0.3, 0.4) is 0 Å². The van der Waals surface area contributed by atoms with Crippen molar-refractivity contribution in [2.24, 2.45) is 0 Å². The highest BCUT2D eigenvalue weighted by molar-refractivity contribution is 9.10. The van der Waals surface area contributed by atoms with Crippen LogP contribution in [0.25, 0.3) is 6.08 Å². The Balaban J connectivity index is 1.74. The summed E-state index contributed by atoms with van der Waals surface area (Å²) in [5.74, 6) is 0.632. The number of hydrogen-bond donors (Lipinski definition) is 2. The maximum atomic E-state index is 11.6. The number of ether oxygens (including phenoxy) is 1. The molecule has 0 atom stereocenters. The Labute approximate surface area is 151 Å². The number of carbonyl (C=O) groups is 2. The van der Waals surface area contributed by atoms with Crippen LogP contribution in [0.1, 0.15) is 11.5 Å². The molecule has 6 nitrogen and oxygen atoms in total.